The molecule has 0 amide bonds. The first-order chi connectivity index (χ1) is 7.42. The van der Waals surface area contributed by atoms with Crippen molar-refractivity contribution in [3.05, 3.63) is 28.3 Å². The maximum absolute atomic E-state index is 11.5. The van der Waals surface area contributed by atoms with Crippen LogP contribution in [0.1, 0.15) is 6.92 Å². The van der Waals surface area contributed by atoms with Gasteiger partial charge in [0.05, 0.1) is 20.5 Å². The highest BCUT2D eigenvalue weighted by atomic mass is 32.2. The molecule has 0 spiro atoms. The highest BCUT2D eigenvalue weighted by Gasteiger charge is 2.19. The van der Waals surface area contributed by atoms with Crippen molar-refractivity contribution in [3.63, 3.8) is 0 Å². The fourth-order valence-electron chi connectivity index (χ4n) is 1.17. The molecule has 0 fully saturated rings. The van der Waals surface area contributed by atoms with E-state index in [1.54, 1.807) is 6.26 Å². The standard InChI is InChI=1S/C9H11NO4S2/c1-3-16(13,14)7-4-5-9(15-2)8(6-7)10(11)12/h4-6H,3H2,1-2H3. The van der Waals surface area contributed by atoms with Crippen LogP contribution in [0.2, 0.25) is 0 Å². The van der Waals surface area contributed by atoms with Crippen LogP contribution in [0.4, 0.5) is 5.69 Å². The maximum Gasteiger partial charge on any atom is 0.284 e. The number of hydrogen-bond donors (Lipinski definition) is 0. The Labute approximate surface area is 97.9 Å². The molecule has 0 aliphatic rings. The average Bonchev–Trinajstić information content (AvgIpc) is 2.28. The highest BCUT2D eigenvalue weighted by molar-refractivity contribution is 7.98. The minimum Gasteiger partial charge on any atom is -0.258 e. The number of benzene rings is 1. The predicted molar refractivity (Wildman–Crippen MR) is 62.6 cm³/mol. The summed E-state index contributed by atoms with van der Waals surface area (Å²) in [6.07, 6.45) is 1.70. The predicted octanol–water partition coefficient (Wildman–Crippen LogP) is 2.11. The molecule has 0 aromatic heterocycles. The lowest BCUT2D eigenvalue weighted by molar-refractivity contribution is -0.387. The van der Waals surface area contributed by atoms with Crippen LogP contribution in [-0.4, -0.2) is 25.3 Å². The first-order valence-corrected chi connectivity index (χ1v) is 7.35. The summed E-state index contributed by atoms with van der Waals surface area (Å²) in [6.45, 7) is 1.50. The van der Waals surface area contributed by atoms with Crippen LogP contribution in [0.3, 0.4) is 0 Å². The third-order valence-electron chi connectivity index (χ3n) is 2.09. The van der Waals surface area contributed by atoms with Crippen molar-refractivity contribution >= 4 is 27.3 Å². The molecule has 0 bridgehead atoms. The molecule has 0 saturated heterocycles. The number of sulfone groups is 1. The number of hydrogen-bond acceptors (Lipinski definition) is 5. The average molecular weight is 261 g/mol. The van der Waals surface area contributed by atoms with Crippen molar-refractivity contribution < 1.29 is 13.3 Å². The second kappa shape index (κ2) is 4.84. The maximum atomic E-state index is 11.5. The summed E-state index contributed by atoms with van der Waals surface area (Å²) in [4.78, 5) is 10.6. The van der Waals surface area contributed by atoms with E-state index in [9.17, 15) is 18.5 Å². The summed E-state index contributed by atoms with van der Waals surface area (Å²) in [5.41, 5.74) is -0.165. The molecule has 0 unspecified atom stereocenters. The van der Waals surface area contributed by atoms with Gasteiger partial charge in [-0.3, -0.25) is 10.1 Å². The van der Waals surface area contributed by atoms with E-state index < -0.39 is 14.8 Å². The second-order valence-corrected chi connectivity index (χ2v) is 6.12. The lowest BCUT2D eigenvalue weighted by Crippen LogP contribution is -2.04. The smallest absolute Gasteiger partial charge is 0.258 e. The van der Waals surface area contributed by atoms with Crippen LogP contribution < -0.4 is 0 Å². The molecule has 1 aromatic rings. The molecule has 1 aromatic carbocycles. The van der Waals surface area contributed by atoms with Crippen LogP contribution in [-0.2, 0) is 9.84 Å². The van der Waals surface area contributed by atoms with E-state index in [-0.39, 0.29) is 16.3 Å². The Kier molecular flexibility index (Phi) is 3.93. The minimum absolute atomic E-state index is 0.000463. The van der Waals surface area contributed by atoms with Gasteiger partial charge in [0.15, 0.2) is 9.84 Å². The van der Waals surface area contributed by atoms with Gasteiger partial charge in [0.25, 0.3) is 5.69 Å². The van der Waals surface area contributed by atoms with Gasteiger partial charge in [-0.15, -0.1) is 11.8 Å². The van der Waals surface area contributed by atoms with Crippen LogP contribution in [0.25, 0.3) is 0 Å². The molecule has 7 heteroatoms. The zero-order chi connectivity index (χ0) is 12.3. The number of nitro benzene ring substituents is 1. The van der Waals surface area contributed by atoms with E-state index in [1.807, 2.05) is 0 Å². The van der Waals surface area contributed by atoms with Crippen molar-refractivity contribution in [1.29, 1.82) is 0 Å². The Hall–Kier alpha value is -1.08. The molecular weight excluding hydrogens is 250 g/mol. The van der Waals surface area contributed by atoms with Crippen LogP contribution in [0.5, 0.6) is 0 Å². The molecule has 0 atom stereocenters. The van der Waals surface area contributed by atoms with Crippen molar-refractivity contribution in [1.82, 2.24) is 0 Å². The summed E-state index contributed by atoms with van der Waals surface area (Å²) < 4.78 is 23.1. The van der Waals surface area contributed by atoms with Gasteiger partial charge in [0.2, 0.25) is 0 Å². The topological polar surface area (TPSA) is 77.3 Å². The molecule has 88 valence electrons. The number of nitro groups is 1. The summed E-state index contributed by atoms with van der Waals surface area (Å²) in [5, 5.41) is 10.7. The number of nitrogens with zero attached hydrogens (tertiary/aromatic N) is 1. The summed E-state index contributed by atoms with van der Waals surface area (Å²) in [6, 6.07) is 3.98. The Bertz CT molecular complexity index is 510. The molecule has 5 nitrogen and oxygen atoms in total. The van der Waals surface area contributed by atoms with Gasteiger partial charge >= 0.3 is 0 Å². The Morgan fingerprint density at radius 2 is 2.06 bits per heavy atom. The highest BCUT2D eigenvalue weighted by Crippen LogP contribution is 2.30. The second-order valence-electron chi connectivity index (χ2n) is 2.99. The summed E-state index contributed by atoms with van der Waals surface area (Å²) in [7, 11) is -3.39. The van der Waals surface area contributed by atoms with Gasteiger partial charge in [-0.25, -0.2) is 8.42 Å². The van der Waals surface area contributed by atoms with E-state index in [1.165, 1.54) is 30.8 Å². The Morgan fingerprint density at radius 1 is 1.44 bits per heavy atom. The normalized spacial score (nSPS) is 11.4. The minimum atomic E-state index is -3.39. The zero-order valence-corrected chi connectivity index (χ0v) is 10.5. The van der Waals surface area contributed by atoms with Crippen molar-refractivity contribution in [2.45, 2.75) is 16.7 Å². The van der Waals surface area contributed by atoms with Gasteiger partial charge in [0.1, 0.15) is 0 Å². The van der Waals surface area contributed by atoms with Gasteiger partial charge in [-0.1, -0.05) is 6.92 Å². The van der Waals surface area contributed by atoms with Crippen molar-refractivity contribution in [2.75, 3.05) is 12.0 Å². The Morgan fingerprint density at radius 3 is 2.50 bits per heavy atom. The number of thioether (sulfide) groups is 1. The fourth-order valence-corrected chi connectivity index (χ4v) is 2.62. The van der Waals surface area contributed by atoms with E-state index in [4.69, 9.17) is 0 Å². The third kappa shape index (κ3) is 2.53. The first kappa shape index (κ1) is 13.0. The summed E-state index contributed by atoms with van der Waals surface area (Å²) in [5.74, 6) is -0.0667. The SMILES string of the molecule is CCS(=O)(=O)c1ccc(SC)c([N+](=O)[O-])c1. The zero-order valence-electron chi connectivity index (χ0n) is 8.84. The monoisotopic (exact) mass is 261 g/mol. The largest absolute Gasteiger partial charge is 0.284 e. The Balaban J connectivity index is 3.39. The molecule has 16 heavy (non-hydrogen) atoms. The van der Waals surface area contributed by atoms with Crippen LogP contribution >= 0.6 is 11.8 Å². The van der Waals surface area contributed by atoms with E-state index >= 15 is 0 Å². The molecule has 0 saturated carbocycles. The van der Waals surface area contributed by atoms with Crippen LogP contribution in [0.15, 0.2) is 28.0 Å². The lowest BCUT2D eigenvalue weighted by Gasteiger charge is -2.03. The third-order valence-corrected chi connectivity index (χ3v) is 4.60. The van der Waals surface area contributed by atoms with E-state index in [0.717, 1.165) is 6.07 Å². The lowest BCUT2D eigenvalue weighted by atomic mass is 10.3. The van der Waals surface area contributed by atoms with Gasteiger partial charge in [-0.05, 0) is 18.4 Å². The van der Waals surface area contributed by atoms with Gasteiger partial charge in [-0.2, -0.15) is 0 Å². The van der Waals surface area contributed by atoms with Crippen molar-refractivity contribution in [3.8, 4) is 0 Å². The molecule has 0 radical (unpaired) electrons. The van der Waals surface area contributed by atoms with Gasteiger partial charge in [0, 0.05) is 6.07 Å². The van der Waals surface area contributed by atoms with Gasteiger partial charge < -0.3 is 0 Å². The molecular formula is C9H11NO4S2. The molecule has 0 heterocycles. The molecule has 0 N–H and O–H groups in total. The first-order valence-electron chi connectivity index (χ1n) is 4.47. The van der Waals surface area contributed by atoms with Crippen LogP contribution in [0, 0.1) is 10.1 Å². The fraction of sp³-hybridized carbons (Fsp3) is 0.333. The quantitative estimate of drug-likeness (QED) is 0.471. The molecule has 1 rings (SSSR count). The van der Waals surface area contributed by atoms with E-state index in [2.05, 4.69) is 0 Å². The molecule has 0 aliphatic heterocycles. The summed E-state index contributed by atoms with van der Waals surface area (Å²) >= 11 is 1.21. The number of rotatable bonds is 4. The molecule has 0 aliphatic carbocycles. The van der Waals surface area contributed by atoms with E-state index in [0.29, 0.717) is 4.90 Å². The van der Waals surface area contributed by atoms with Crippen molar-refractivity contribution in [2.24, 2.45) is 0 Å².